The van der Waals surface area contributed by atoms with Crippen molar-refractivity contribution in [3.8, 4) is 0 Å². The monoisotopic (exact) mass is 340 g/mol. The van der Waals surface area contributed by atoms with Crippen LogP contribution in [-0.2, 0) is 14.8 Å². The minimum Gasteiger partial charge on any atom is -0.393 e. The van der Waals surface area contributed by atoms with Gasteiger partial charge in [0.25, 0.3) is 0 Å². The molecule has 0 aromatic heterocycles. The summed E-state index contributed by atoms with van der Waals surface area (Å²) in [6.07, 6.45) is 2.05. The average molecular weight is 340 g/mol. The van der Waals surface area contributed by atoms with Crippen LogP contribution < -0.4 is 10.0 Å². The maximum Gasteiger partial charge on any atom is 0.240 e. The number of aliphatic hydroxyl groups excluding tert-OH is 1. The van der Waals surface area contributed by atoms with Gasteiger partial charge in [-0.05, 0) is 49.4 Å². The van der Waals surface area contributed by atoms with E-state index in [0.717, 1.165) is 12.8 Å². The lowest BCUT2D eigenvalue weighted by Gasteiger charge is -2.11. The number of carbonyl (C=O) groups excluding carboxylic acids is 1. The van der Waals surface area contributed by atoms with E-state index < -0.39 is 16.1 Å². The Labute approximate surface area is 137 Å². The lowest BCUT2D eigenvalue weighted by Crippen LogP contribution is -2.28. The summed E-state index contributed by atoms with van der Waals surface area (Å²) in [7, 11) is -3.60. The van der Waals surface area contributed by atoms with Crippen molar-refractivity contribution in [2.75, 3.05) is 11.9 Å². The van der Waals surface area contributed by atoms with Gasteiger partial charge in [-0.1, -0.05) is 13.8 Å². The predicted molar refractivity (Wildman–Crippen MR) is 88.4 cm³/mol. The minimum atomic E-state index is -3.60. The van der Waals surface area contributed by atoms with Crippen molar-refractivity contribution >= 4 is 21.6 Å². The molecular formula is C16H24N2O4S. The highest BCUT2D eigenvalue weighted by Crippen LogP contribution is 2.33. The van der Waals surface area contributed by atoms with E-state index in [0.29, 0.717) is 18.0 Å². The van der Waals surface area contributed by atoms with E-state index in [-0.39, 0.29) is 23.3 Å². The summed E-state index contributed by atoms with van der Waals surface area (Å²) < 4.78 is 26.8. The highest BCUT2D eigenvalue weighted by molar-refractivity contribution is 7.89. The third kappa shape index (κ3) is 5.30. The second-order valence-electron chi connectivity index (χ2n) is 6.26. The summed E-state index contributed by atoms with van der Waals surface area (Å²) in [5.74, 6) is 0.0779. The molecule has 1 atom stereocenters. The number of rotatable bonds is 8. The Morgan fingerprint density at radius 1 is 1.26 bits per heavy atom. The van der Waals surface area contributed by atoms with Crippen LogP contribution in [0.25, 0.3) is 0 Å². The number of anilines is 1. The summed E-state index contributed by atoms with van der Waals surface area (Å²) in [6, 6.07) is 6.03. The number of amides is 1. The van der Waals surface area contributed by atoms with E-state index in [1.807, 2.05) is 0 Å². The standard InChI is InChI=1S/C16H24N2O4S/c1-11(2)16(20)18-13-5-7-14(8-6-13)23(21,22)17-10-9-15(19)12-3-4-12/h5-8,11-12,15,17,19H,3-4,9-10H2,1-2H3,(H,18,20)/t15-/m1/s1. The van der Waals surface area contributed by atoms with Gasteiger partial charge in [0.1, 0.15) is 0 Å². The van der Waals surface area contributed by atoms with Crippen LogP contribution in [0.2, 0.25) is 0 Å². The molecule has 3 N–H and O–H groups in total. The average Bonchev–Trinajstić information content (AvgIpc) is 3.32. The van der Waals surface area contributed by atoms with Gasteiger partial charge >= 0.3 is 0 Å². The van der Waals surface area contributed by atoms with E-state index in [2.05, 4.69) is 10.0 Å². The van der Waals surface area contributed by atoms with E-state index in [1.54, 1.807) is 26.0 Å². The molecule has 0 spiro atoms. The van der Waals surface area contributed by atoms with E-state index in [9.17, 15) is 18.3 Å². The second kappa shape index (κ2) is 7.42. The first-order valence-corrected chi connectivity index (χ1v) is 9.36. The Kier molecular flexibility index (Phi) is 5.78. The molecule has 1 aliphatic carbocycles. The van der Waals surface area contributed by atoms with Crippen LogP contribution in [0.15, 0.2) is 29.2 Å². The van der Waals surface area contributed by atoms with Crippen LogP contribution in [0, 0.1) is 11.8 Å². The normalized spacial score (nSPS) is 16.3. The molecule has 23 heavy (non-hydrogen) atoms. The fourth-order valence-electron chi connectivity index (χ4n) is 2.15. The lowest BCUT2D eigenvalue weighted by atomic mass is 10.2. The van der Waals surface area contributed by atoms with Crippen LogP contribution in [0.4, 0.5) is 5.69 Å². The van der Waals surface area contributed by atoms with Gasteiger partial charge in [-0.3, -0.25) is 4.79 Å². The Morgan fingerprint density at radius 2 is 1.87 bits per heavy atom. The molecule has 1 aliphatic rings. The SMILES string of the molecule is CC(C)C(=O)Nc1ccc(S(=O)(=O)NCC[C@@H](O)C2CC2)cc1. The molecular weight excluding hydrogens is 316 g/mol. The topological polar surface area (TPSA) is 95.5 Å². The quantitative estimate of drug-likeness (QED) is 0.671. The summed E-state index contributed by atoms with van der Waals surface area (Å²) in [6.45, 7) is 3.79. The third-order valence-corrected chi connectivity index (χ3v) is 5.33. The number of aliphatic hydroxyl groups is 1. The number of hydrogen-bond acceptors (Lipinski definition) is 4. The van der Waals surface area contributed by atoms with Crippen LogP contribution in [0.3, 0.4) is 0 Å². The number of hydrogen-bond donors (Lipinski definition) is 3. The van der Waals surface area contributed by atoms with Gasteiger partial charge in [0.05, 0.1) is 11.0 Å². The van der Waals surface area contributed by atoms with Crippen molar-refractivity contribution in [2.24, 2.45) is 11.8 Å². The molecule has 0 radical (unpaired) electrons. The molecule has 1 fully saturated rings. The van der Waals surface area contributed by atoms with Gasteiger partial charge in [0.15, 0.2) is 0 Å². The van der Waals surface area contributed by atoms with E-state index in [4.69, 9.17) is 0 Å². The molecule has 0 heterocycles. The van der Waals surface area contributed by atoms with Gasteiger partial charge in [0, 0.05) is 18.2 Å². The van der Waals surface area contributed by atoms with Crippen LogP contribution in [0.1, 0.15) is 33.1 Å². The molecule has 1 saturated carbocycles. The third-order valence-electron chi connectivity index (χ3n) is 3.85. The molecule has 0 saturated heterocycles. The zero-order chi connectivity index (χ0) is 17.0. The Morgan fingerprint density at radius 3 is 2.39 bits per heavy atom. The minimum absolute atomic E-state index is 0.118. The molecule has 0 unspecified atom stereocenters. The van der Waals surface area contributed by atoms with Crippen molar-refractivity contribution in [2.45, 2.75) is 44.1 Å². The predicted octanol–water partition coefficient (Wildman–Crippen LogP) is 1.72. The van der Waals surface area contributed by atoms with Crippen molar-refractivity contribution in [3.63, 3.8) is 0 Å². The van der Waals surface area contributed by atoms with Gasteiger partial charge < -0.3 is 10.4 Å². The first-order chi connectivity index (χ1) is 10.8. The van der Waals surface area contributed by atoms with E-state index in [1.165, 1.54) is 12.1 Å². The number of sulfonamides is 1. The molecule has 1 aromatic rings. The van der Waals surface area contributed by atoms with Crippen molar-refractivity contribution in [1.29, 1.82) is 0 Å². The Bertz CT molecular complexity index is 637. The largest absolute Gasteiger partial charge is 0.393 e. The molecule has 0 aliphatic heterocycles. The van der Waals surface area contributed by atoms with Crippen LogP contribution in [-0.4, -0.2) is 32.1 Å². The highest BCUT2D eigenvalue weighted by Gasteiger charge is 2.29. The van der Waals surface area contributed by atoms with E-state index >= 15 is 0 Å². The summed E-state index contributed by atoms with van der Waals surface area (Å²) in [5.41, 5.74) is 0.562. The number of nitrogens with one attached hydrogen (secondary N) is 2. The maximum absolute atomic E-state index is 12.2. The Balaban J connectivity index is 1.90. The van der Waals surface area contributed by atoms with Crippen LogP contribution in [0.5, 0.6) is 0 Å². The molecule has 0 bridgehead atoms. The first-order valence-electron chi connectivity index (χ1n) is 7.88. The second-order valence-corrected chi connectivity index (χ2v) is 8.03. The zero-order valence-corrected chi connectivity index (χ0v) is 14.3. The van der Waals surface area contributed by atoms with Gasteiger partial charge in [-0.25, -0.2) is 13.1 Å². The summed E-state index contributed by atoms with van der Waals surface area (Å²) in [4.78, 5) is 11.7. The van der Waals surface area contributed by atoms with Crippen molar-refractivity contribution in [1.82, 2.24) is 4.72 Å². The van der Waals surface area contributed by atoms with Gasteiger partial charge in [-0.15, -0.1) is 0 Å². The van der Waals surface area contributed by atoms with Crippen molar-refractivity contribution < 1.29 is 18.3 Å². The van der Waals surface area contributed by atoms with Gasteiger partial charge in [0.2, 0.25) is 15.9 Å². The number of carbonyl (C=O) groups is 1. The maximum atomic E-state index is 12.2. The fraction of sp³-hybridized carbons (Fsp3) is 0.562. The zero-order valence-electron chi connectivity index (χ0n) is 13.5. The van der Waals surface area contributed by atoms with Gasteiger partial charge in [-0.2, -0.15) is 0 Å². The summed E-state index contributed by atoms with van der Waals surface area (Å²) >= 11 is 0. The molecule has 128 valence electrons. The lowest BCUT2D eigenvalue weighted by molar-refractivity contribution is -0.118. The Hall–Kier alpha value is -1.44. The smallest absolute Gasteiger partial charge is 0.240 e. The molecule has 2 rings (SSSR count). The number of benzene rings is 1. The molecule has 6 nitrogen and oxygen atoms in total. The first kappa shape index (κ1) is 17.9. The molecule has 7 heteroatoms. The molecule has 1 amide bonds. The van der Waals surface area contributed by atoms with Crippen LogP contribution >= 0.6 is 0 Å². The van der Waals surface area contributed by atoms with Crippen molar-refractivity contribution in [3.05, 3.63) is 24.3 Å². The fourth-order valence-corrected chi connectivity index (χ4v) is 3.19. The molecule has 1 aromatic carbocycles. The summed E-state index contributed by atoms with van der Waals surface area (Å²) in [5, 5.41) is 12.5. The highest BCUT2D eigenvalue weighted by atomic mass is 32.2.